The predicted molar refractivity (Wildman–Crippen MR) is 330 cm³/mol. The molecule has 4 aromatic carbocycles. The van der Waals surface area contributed by atoms with E-state index in [1.54, 1.807) is 68.0 Å². The fraction of sp³-hybridized carbons (Fsp3) is 0.373. The second-order valence-corrected chi connectivity index (χ2v) is 25.7. The number of amides is 1. The average Bonchev–Trinajstić information content (AvgIpc) is 1.71. The molecule has 8 aromatic rings. The van der Waals surface area contributed by atoms with Crippen LogP contribution in [-0.4, -0.2) is 98.7 Å². The van der Waals surface area contributed by atoms with Crippen molar-refractivity contribution >= 4 is 78.9 Å². The van der Waals surface area contributed by atoms with Crippen LogP contribution in [-0.2, 0) is 46.7 Å². The quantitative estimate of drug-likeness (QED) is 0.0862. The highest BCUT2D eigenvalue weighted by molar-refractivity contribution is 7.90. The second kappa shape index (κ2) is 23.3. The maximum Gasteiger partial charge on any atom is 0.341 e. The van der Waals surface area contributed by atoms with Crippen LogP contribution in [0.5, 0.6) is 11.5 Å². The van der Waals surface area contributed by atoms with Crippen molar-refractivity contribution in [3.05, 3.63) is 141 Å². The van der Waals surface area contributed by atoms with Gasteiger partial charge in [0.1, 0.15) is 22.6 Å². The van der Waals surface area contributed by atoms with Crippen LogP contribution >= 0.6 is 0 Å². The summed E-state index contributed by atoms with van der Waals surface area (Å²) in [4.78, 5) is 54.5. The molecule has 2 saturated carbocycles. The largest absolute Gasteiger partial charge is 0.497 e. The lowest BCUT2D eigenvalue weighted by molar-refractivity contribution is 0.0470. The lowest BCUT2D eigenvalue weighted by atomic mass is 9.75. The molecular formula is C67H71N7O11S. The molecular weight excluding hydrogens is 1110 g/mol. The molecule has 18 nitrogen and oxygen atoms in total. The lowest BCUT2D eigenvalue weighted by Crippen LogP contribution is -2.35. The van der Waals surface area contributed by atoms with Crippen molar-refractivity contribution in [3.63, 3.8) is 0 Å². The minimum atomic E-state index is -3.91. The van der Waals surface area contributed by atoms with Crippen LogP contribution in [0.3, 0.4) is 0 Å². The third-order valence-electron chi connectivity index (χ3n) is 18.1. The molecule has 2 aliphatic heterocycles. The van der Waals surface area contributed by atoms with E-state index in [9.17, 15) is 32.7 Å². The third kappa shape index (κ3) is 10.5. The third-order valence-corrected chi connectivity index (χ3v) is 19.8. The van der Waals surface area contributed by atoms with E-state index >= 15 is 0 Å². The number of ether oxygens (including phenoxy) is 4. The zero-order valence-electron chi connectivity index (χ0n) is 49.6. The van der Waals surface area contributed by atoms with Crippen LogP contribution in [0.25, 0.3) is 67.6 Å². The van der Waals surface area contributed by atoms with Gasteiger partial charge in [0.2, 0.25) is 10.0 Å². The standard InChI is InChI=1S/C67H71N7O11S/c1-8-84-66(78)54-34-68-71(4)60(54)46-29-45-31-49(83-7)20-24-51(45)63-59(53-22-18-43(65(76)77)33-57(53)74(63)37-46)41-16-12-13-39(27-41)25-26-85-67(79)55-35-69-72(5)61(55)47-28-44-30-48(82-6)19-23-50(44)62-58(40-14-10-9-11-15-40)52-21-17-42(32-56(52)73(62)36-47)64(75)70-86(80,81)38(2)3/h17-24,28-35,38-41H,8-16,25-27,36-37H2,1-7H3,(H,70,75)(H,76,77). The van der Waals surface area contributed by atoms with Gasteiger partial charge in [-0.15, -0.1) is 0 Å². The molecule has 2 unspecified atom stereocenters. The second-order valence-electron chi connectivity index (χ2n) is 23.5. The van der Waals surface area contributed by atoms with Crippen molar-refractivity contribution < 1.29 is 51.6 Å². The number of hydrogen-bond donors (Lipinski definition) is 2. The Morgan fingerprint density at radius 2 is 1.17 bits per heavy atom. The van der Waals surface area contributed by atoms with Gasteiger partial charge in [-0.05, 0) is 177 Å². The Morgan fingerprint density at radius 1 is 0.651 bits per heavy atom. The fourth-order valence-electron chi connectivity index (χ4n) is 13.9. The van der Waals surface area contributed by atoms with Crippen LogP contribution in [0, 0.1) is 5.92 Å². The van der Waals surface area contributed by atoms with Crippen molar-refractivity contribution in [3.8, 4) is 34.0 Å². The Bertz CT molecular complexity index is 4240. The molecule has 2 atom stereocenters. The number of hydrogen-bond acceptors (Lipinski definition) is 12. The van der Waals surface area contributed by atoms with E-state index in [1.807, 2.05) is 43.4 Å². The van der Waals surface area contributed by atoms with E-state index in [0.717, 1.165) is 130 Å². The number of nitrogens with zero attached hydrogens (tertiary/aromatic N) is 6. The SMILES string of the molecule is CCOC(=O)c1cnn(C)c1C1=Cc2cc(OC)ccc2-c2c(C3CCCC(CCOC(=O)c4cnn(C)c4C4=Cc5cc(OC)ccc5-c5c(C6CCCCC6)c6ccc(C(=O)NS(=O)(=O)C(C)C)cc6n5C4)C3)c3ccc(C(=O)O)cc3n2C1. The van der Waals surface area contributed by atoms with E-state index in [-0.39, 0.29) is 48.6 Å². The molecule has 0 spiro atoms. The van der Waals surface area contributed by atoms with Gasteiger partial charge in [0.15, 0.2) is 0 Å². The number of carboxylic acid groups (broad SMARTS) is 1. The maximum atomic E-state index is 14.7. The Morgan fingerprint density at radius 3 is 1.71 bits per heavy atom. The molecule has 446 valence electrons. The van der Waals surface area contributed by atoms with Crippen molar-refractivity contribution in [1.29, 1.82) is 0 Å². The van der Waals surface area contributed by atoms with Crippen LogP contribution in [0.4, 0.5) is 0 Å². The summed E-state index contributed by atoms with van der Waals surface area (Å²) in [5, 5.41) is 20.6. The normalized spacial score (nSPS) is 16.9. The van der Waals surface area contributed by atoms with Crippen molar-refractivity contribution in [2.24, 2.45) is 20.0 Å². The number of methoxy groups -OCH3 is 2. The molecule has 4 aliphatic rings. The van der Waals surface area contributed by atoms with Crippen LogP contribution in [0.2, 0.25) is 0 Å². The Hall–Kier alpha value is -8.71. The van der Waals surface area contributed by atoms with E-state index < -0.39 is 39.1 Å². The summed E-state index contributed by atoms with van der Waals surface area (Å²) in [6, 6.07) is 22.8. The predicted octanol–water partition coefficient (Wildman–Crippen LogP) is 12.4. The van der Waals surface area contributed by atoms with Crippen molar-refractivity contribution in [1.82, 2.24) is 33.4 Å². The molecule has 0 saturated heterocycles. The minimum Gasteiger partial charge on any atom is -0.497 e. The first-order chi connectivity index (χ1) is 41.5. The zero-order chi connectivity index (χ0) is 60.3. The fourth-order valence-corrected chi connectivity index (χ4v) is 14.5. The van der Waals surface area contributed by atoms with Gasteiger partial charge in [0.25, 0.3) is 5.91 Å². The number of esters is 2. The Kier molecular flexibility index (Phi) is 15.6. The van der Waals surface area contributed by atoms with Crippen LogP contribution in [0.1, 0.15) is 172 Å². The molecule has 19 heteroatoms. The van der Waals surface area contributed by atoms with Crippen LogP contribution < -0.4 is 14.2 Å². The summed E-state index contributed by atoms with van der Waals surface area (Å²) in [5.74, 6) is -0.928. The molecule has 12 rings (SSSR count). The Balaban J connectivity index is 0.858. The summed E-state index contributed by atoms with van der Waals surface area (Å²) < 4.78 is 59.3. The summed E-state index contributed by atoms with van der Waals surface area (Å²) >= 11 is 0. The maximum absolute atomic E-state index is 14.7. The van der Waals surface area contributed by atoms with Gasteiger partial charge in [-0.1, -0.05) is 44.2 Å². The lowest BCUT2D eigenvalue weighted by Gasteiger charge is -2.30. The van der Waals surface area contributed by atoms with Gasteiger partial charge in [-0.3, -0.25) is 14.2 Å². The molecule has 4 aromatic heterocycles. The van der Waals surface area contributed by atoms with E-state index in [0.29, 0.717) is 47.0 Å². The highest BCUT2D eigenvalue weighted by Gasteiger charge is 2.36. The number of aromatic carboxylic acids is 1. The average molecular weight is 1180 g/mol. The summed E-state index contributed by atoms with van der Waals surface area (Å²) in [5.41, 5.74) is 13.2. The van der Waals surface area contributed by atoms with Gasteiger partial charge in [-0.25, -0.2) is 27.5 Å². The number of carboxylic acids is 1. The molecule has 0 radical (unpaired) electrons. The van der Waals surface area contributed by atoms with E-state index in [2.05, 4.69) is 48.3 Å². The number of aryl methyl sites for hydroxylation is 2. The van der Waals surface area contributed by atoms with Crippen molar-refractivity contribution in [2.45, 2.75) is 115 Å². The Labute approximate surface area is 499 Å². The van der Waals surface area contributed by atoms with Gasteiger partial charge in [-0.2, -0.15) is 10.2 Å². The first kappa shape index (κ1) is 57.7. The highest BCUT2D eigenvalue weighted by Crippen LogP contribution is 2.51. The minimum absolute atomic E-state index is 0.0580. The summed E-state index contributed by atoms with van der Waals surface area (Å²) in [6.07, 6.45) is 16.7. The molecule has 2 N–H and O–H groups in total. The summed E-state index contributed by atoms with van der Waals surface area (Å²) in [6.45, 7) is 5.77. The molecule has 2 aliphatic carbocycles. The number of allylic oxidation sites excluding steroid dienone is 2. The van der Waals surface area contributed by atoms with Crippen LogP contribution in [0.15, 0.2) is 85.2 Å². The molecule has 0 bridgehead atoms. The van der Waals surface area contributed by atoms with Gasteiger partial charge in [0.05, 0.1) is 86.5 Å². The monoisotopic (exact) mass is 1180 g/mol. The smallest absolute Gasteiger partial charge is 0.341 e. The number of carbonyl (C=O) groups excluding carboxylic acids is 3. The highest BCUT2D eigenvalue weighted by atomic mass is 32.2. The molecule has 1 amide bonds. The van der Waals surface area contributed by atoms with E-state index in [4.69, 9.17) is 18.9 Å². The topological polar surface area (TPSA) is 217 Å². The van der Waals surface area contributed by atoms with Crippen molar-refractivity contribution in [2.75, 3.05) is 27.4 Å². The molecule has 86 heavy (non-hydrogen) atoms. The first-order valence-corrected chi connectivity index (χ1v) is 31.3. The zero-order valence-corrected chi connectivity index (χ0v) is 50.4. The van der Waals surface area contributed by atoms with Gasteiger partial charge >= 0.3 is 17.9 Å². The molecule has 6 heterocycles. The number of carbonyl (C=O) groups is 4. The number of nitrogens with one attached hydrogen (secondary N) is 1. The number of rotatable bonds is 16. The number of fused-ring (bicyclic) bond motifs is 10. The number of sulfonamides is 1. The summed E-state index contributed by atoms with van der Waals surface area (Å²) in [7, 11) is 2.95. The molecule has 2 fully saturated rings. The van der Waals surface area contributed by atoms with Gasteiger partial charge < -0.3 is 33.2 Å². The van der Waals surface area contributed by atoms with E-state index in [1.165, 1.54) is 25.6 Å². The number of aromatic nitrogens is 6. The van der Waals surface area contributed by atoms with Gasteiger partial charge in [0, 0.05) is 52.6 Å². The first-order valence-electron chi connectivity index (χ1n) is 29.7. The number of benzene rings is 4.